The molecule has 0 fully saturated rings. The molecule has 0 spiro atoms. The maximum atomic E-state index is 5.47. The zero-order valence-electron chi connectivity index (χ0n) is 4.39. The molecule has 0 saturated carbocycles. The molecule has 0 aliphatic rings. The monoisotopic (exact) mass is 201 g/mol. The van der Waals surface area contributed by atoms with Crippen molar-refractivity contribution in [3.63, 3.8) is 0 Å². The van der Waals surface area contributed by atoms with Crippen molar-refractivity contribution in [3.8, 4) is 0 Å². The van der Waals surface area contributed by atoms with E-state index in [2.05, 4.69) is 4.98 Å². The lowest BCUT2D eigenvalue weighted by atomic mass is 10.6. The Morgan fingerprint density at radius 2 is 2.44 bits per heavy atom. The standard InChI is InChI=1S/C4H4ClNS2.ClH/c5-1-3-2-8-4(7)6-3;/h2H,1H2,(H,6,7);1H. The van der Waals surface area contributed by atoms with E-state index in [-0.39, 0.29) is 12.4 Å². The molecule has 0 bridgehead atoms. The number of nitrogens with one attached hydrogen (secondary N) is 1. The molecule has 1 aromatic rings. The normalized spacial score (nSPS) is 8.56. The molecule has 1 heterocycles. The molecule has 0 radical (unpaired) electrons. The van der Waals surface area contributed by atoms with Gasteiger partial charge in [0.1, 0.15) is 0 Å². The molecule has 5 heteroatoms. The molecule has 0 aromatic carbocycles. The average molecular weight is 202 g/mol. The number of alkyl halides is 1. The van der Waals surface area contributed by atoms with Crippen molar-refractivity contribution >= 4 is 47.6 Å². The molecule has 0 unspecified atom stereocenters. The van der Waals surface area contributed by atoms with Gasteiger partial charge < -0.3 is 4.98 Å². The zero-order chi connectivity index (χ0) is 5.98. The van der Waals surface area contributed by atoms with E-state index in [0.29, 0.717) is 5.88 Å². The van der Waals surface area contributed by atoms with E-state index in [1.165, 1.54) is 11.3 Å². The third-order valence-electron chi connectivity index (χ3n) is 0.715. The Hall–Kier alpha value is 0.430. The lowest BCUT2D eigenvalue weighted by Gasteiger charge is -1.78. The molecule has 0 aliphatic carbocycles. The number of rotatable bonds is 1. The van der Waals surface area contributed by atoms with Gasteiger partial charge in [0, 0.05) is 11.1 Å². The van der Waals surface area contributed by atoms with Crippen molar-refractivity contribution < 1.29 is 0 Å². The summed E-state index contributed by atoms with van der Waals surface area (Å²) in [6.07, 6.45) is 0. The van der Waals surface area contributed by atoms with Crippen LogP contribution in [-0.2, 0) is 5.88 Å². The van der Waals surface area contributed by atoms with Crippen LogP contribution in [0.1, 0.15) is 5.69 Å². The summed E-state index contributed by atoms with van der Waals surface area (Å²) in [5.41, 5.74) is 1.00. The average Bonchev–Trinajstić information content (AvgIpc) is 2.14. The van der Waals surface area contributed by atoms with Gasteiger partial charge in [-0.1, -0.05) is 0 Å². The molecule has 52 valence electrons. The van der Waals surface area contributed by atoms with Crippen LogP contribution in [0.2, 0.25) is 0 Å². The van der Waals surface area contributed by atoms with Crippen LogP contribution in [0.25, 0.3) is 0 Å². The maximum Gasteiger partial charge on any atom is 0.158 e. The highest BCUT2D eigenvalue weighted by Crippen LogP contribution is 2.05. The second-order valence-corrected chi connectivity index (χ2v) is 3.12. The predicted molar refractivity (Wildman–Crippen MR) is 46.3 cm³/mol. The topological polar surface area (TPSA) is 15.8 Å². The number of halogens is 2. The van der Waals surface area contributed by atoms with E-state index in [0.717, 1.165) is 9.65 Å². The van der Waals surface area contributed by atoms with E-state index in [1.807, 2.05) is 5.38 Å². The highest BCUT2D eigenvalue weighted by atomic mass is 35.5. The van der Waals surface area contributed by atoms with E-state index >= 15 is 0 Å². The summed E-state index contributed by atoms with van der Waals surface area (Å²) in [4.78, 5) is 2.93. The highest BCUT2D eigenvalue weighted by Gasteiger charge is 1.87. The summed E-state index contributed by atoms with van der Waals surface area (Å²) in [7, 11) is 0. The molecule has 0 aliphatic heterocycles. The lowest BCUT2D eigenvalue weighted by molar-refractivity contribution is 1.22. The molecule has 1 aromatic heterocycles. The molecule has 9 heavy (non-hydrogen) atoms. The first-order valence-corrected chi connectivity index (χ1v) is 3.88. The number of hydrogen-bond acceptors (Lipinski definition) is 2. The Labute approximate surface area is 73.5 Å². The summed E-state index contributed by atoms with van der Waals surface area (Å²) in [6, 6.07) is 0. The molecular formula is C4H5Cl2NS2. The largest absolute Gasteiger partial charge is 0.340 e. The third kappa shape index (κ3) is 2.67. The van der Waals surface area contributed by atoms with Gasteiger partial charge in [-0.3, -0.25) is 0 Å². The summed E-state index contributed by atoms with van der Waals surface area (Å²) < 4.78 is 0.792. The lowest BCUT2D eigenvalue weighted by Crippen LogP contribution is -1.71. The van der Waals surface area contributed by atoms with Gasteiger partial charge >= 0.3 is 0 Å². The Balaban J connectivity index is 0.000000640. The van der Waals surface area contributed by atoms with Crippen LogP contribution in [0.5, 0.6) is 0 Å². The quantitative estimate of drug-likeness (QED) is 0.546. The van der Waals surface area contributed by atoms with Gasteiger partial charge in [0.05, 0.1) is 5.88 Å². The fourth-order valence-electron chi connectivity index (χ4n) is 0.380. The van der Waals surface area contributed by atoms with E-state index < -0.39 is 0 Å². The molecular weight excluding hydrogens is 197 g/mol. The first-order chi connectivity index (χ1) is 3.83. The Bertz CT molecular complexity index is 216. The van der Waals surface area contributed by atoms with Crippen molar-refractivity contribution in [3.05, 3.63) is 15.0 Å². The summed E-state index contributed by atoms with van der Waals surface area (Å²) in [5.74, 6) is 0.521. The molecule has 0 amide bonds. The van der Waals surface area contributed by atoms with Crippen LogP contribution in [0.4, 0.5) is 0 Å². The van der Waals surface area contributed by atoms with Gasteiger partial charge in [-0.05, 0) is 12.2 Å². The highest BCUT2D eigenvalue weighted by molar-refractivity contribution is 7.73. The van der Waals surface area contributed by atoms with Crippen molar-refractivity contribution in [2.45, 2.75) is 5.88 Å². The second kappa shape index (κ2) is 4.28. The first-order valence-electron chi connectivity index (χ1n) is 2.05. The fourth-order valence-corrected chi connectivity index (χ4v) is 1.47. The van der Waals surface area contributed by atoms with Gasteiger partial charge in [0.15, 0.2) is 3.95 Å². The van der Waals surface area contributed by atoms with Crippen molar-refractivity contribution in [2.75, 3.05) is 0 Å². The molecule has 0 atom stereocenters. The van der Waals surface area contributed by atoms with Crippen molar-refractivity contribution in [1.29, 1.82) is 0 Å². The van der Waals surface area contributed by atoms with Gasteiger partial charge in [-0.25, -0.2) is 0 Å². The Morgan fingerprint density at radius 3 is 2.67 bits per heavy atom. The SMILES string of the molecule is Cl.S=c1[nH]c(CCl)cs1. The van der Waals surface area contributed by atoms with E-state index in [9.17, 15) is 0 Å². The third-order valence-corrected chi connectivity index (χ3v) is 2.11. The maximum absolute atomic E-state index is 5.47. The van der Waals surface area contributed by atoms with Crippen LogP contribution in [-0.4, -0.2) is 4.98 Å². The summed E-state index contributed by atoms with van der Waals surface area (Å²) >= 11 is 11.8. The van der Waals surface area contributed by atoms with Crippen LogP contribution >= 0.6 is 47.6 Å². The van der Waals surface area contributed by atoms with Gasteiger partial charge in [-0.15, -0.1) is 35.3 Å². The van der Waals surface area contributed by atoms with Crippen LogP contribution in [0, 0.1) is 3.95 Å². The minimum Gasteiger partial charge on any atom is -0.340 e. The van der Waals surface area contributed by atoms with Crippen LogP contribution < -0.4 is 0 Å². The second-order valence-electron chi connectivity index (χ2n) is 1.31. The minimum absolute atomic E-state index is 0. The zero-order valence-corrected chi connectivity index (χ0v) is 7.59. The number of thiazole rings is 1. The fraction of sp³-hybridized carbons (Fsp3) is 0.250. The molecule has 0 saturated heterocycles. The Kier molecular flexibility index (Phi) is 4.48. The number of aromatic amines is 1. The molecule has 1 rings (SSSR count). The van der Waals surface area contributed by atoms with E-state index in [4.69, 9.17) is 23.8 Å². The van der Waals surface area contributed by atoms with Crippen molar-refractivity contribution in [2.24, 2.45) is 0 Å². The molecule has 1 nitrogen and oxygen atoms in total. The van der Waals surface area contributed by atoms with Gasteiger partial charge in [-0.2, -0.15) is 0 Å². The number of aromatic nitrogens is 1. The Morgan fingerprint density at radius 1 is 1.78 bits per heavy atom. The van der Waals surface area contributed by atoms with Crippen molar-refractivity contribution in [1.82, 2.24) is 4.98 Å². The van der Waals surface area contributed by atoms with Gasteiger partial charge in [0.2, 0.25) is 0 Å². The first kappa shape index (κ1) is 9.43. The smallest absolute Gasteiger partial charge is 0.158 e. The summed E-state index contributed by atoms with van der Waals surface area (Å²) in [6.45, 7) is 0. The summed E-state index contributed by atoms with van der Waals surface area (Å²) in [5, 5.41) is 1.93. The van der Waals surface area contributed by atoms with Gasteiger partial charge in [0.25, 0.3) is 0 Å². The van der Waals surface area contributed by atoms with Crippen LogP contribution in [0.3, 0.4) is 0 Å². The number of hydrogen-bond donors (Lipinski definition) is 1. The number of H-pyrrole nitrogens is 1. The minimum atomic E-state index is 0. The predicted octanol–water partition coefficient (Wildman–Crippen LogP) is 2.97. The van der Waals surface area contributed by atoms with Crippen LogP contribution in [0.15, 0.2) is 5.38 Å². The van der Waals surface area contributed by atoms with E-state index in [1.54, 1.807) is 0 Å². The molecule has 1 N–H and O–H groups in total.